The minimum absolute atomic E-state index is 0.215. The van der Waals surface area contributed by atoms with Gasteiger partial charge in [-0.25, -0.2) is 0 Å². The van der Waals surface area contributed by atoms with E-state index in [1.807, 2.05) is 13.0 Å². The molecule has 0 atom stereocenters. The molecule has 0 aliphatic carbocycles. The Kier molecular flexibility index (Phi) is 5.50. The van der Waals surface area contributed by atoms with Crippen molar-refractivity contribution >= 4 is 6.21 Å². The molecule has 78 valence electrons. The molecule has 15 heavy (non-hydrogen) atoms. The zero-order chi connectivity index (χ0) is 11.8. The number of nitrogens with zero attached hydrogens (tertiary/aromatic N) is 2. The molecule has 0 aromatic rings. The lowest BCUT2D eigenvalue weighted by Crippen LogP contribution is -1.83. The molecule has 0 rings (SSSR count). The molecule has 0 unspecified atom stereocenters. The Hall–Kier alpha value is -2.08. The lowest BCUT2D eigenvalue weighted by atomic mass is 10.2. The molecular weight excluding hydrogens is 188 g/mol. The second-order valence-corrected chi connectivity index (χ2v) is 3.00. The SMILES string of the molecule is C=C(C#N)C=NC(=C)/C(C)=C/C=C(\C)O. The Morgan fingerprint density at radius 3 is 2.40 bits per heavy atom. The summed E-state index contributed by atoms with van der Waals surface area (Å²) in [4.78, 5) is 3.95. The van der Waals surface area contributed by atoms with Crippen LogP contribution in [-0.4, -0.2) is 11.3 Å². The van der Waals surface area contributed by atoms with Gasteiger partial charge in [-0.1, -0.05) is 19.2 Å². The van der Waals surface area contributed by atoms with Gasteiger partial charge in [0.15, 0.2) is 0 Å². The van der Waals surface area contributed by atoms with Gasteiger partial charge in [-0.15, -0.1) is 0 Å². The molecule has 3 nitrogen and oxygen atoms in total. The topological polar surface area (TPSA) is 56.4 Å². The smallest absolute Gasteiger partial charge is 0.100 e. The fraction of sp³-hybridized carbons (Fsp3) is 0.167. The highest BCUT2D eigenvalue weighted by Crippen LogP contribution is 2.08. The number of nitriles is 1. The van der Waals surface area contributed by atoms with Crippen molar-refractivity contribution in [3.8, 4) is 6.07 Å². The maximum Gasteiger partial charge on any atom is 0.100 e. The van der Waals surface area contributed by atoms with Gasteiger partial charge < -0.3 is 5.11 Å². The molecule has 0 aliphatic heterocycles. The molecule has 0 saturated heterocycles. The molecular formula is C12H14N2O. The van der Waals surface area contributed by atoms with Crippen molar-refractivity contribution in [2.75, 3.05) is 0 Å². The third-order valence-corrected chi connectivity index (χ3v) is 1.55. The lowest BCUT2D eigenvalue weighted by molar-refractivity contribution is 0.414. The largest absolute Gasteiger partial charge is 0.513 e. The minimum atomic E-state index is 0.215. The number of hydrogen-bond acceptors (Lipinski definition) is 3. The first kappa shape index (κ1) is 12.9. The van der Waals surface area contributed by atoms with Gasteiger partial charge in [-0.2, -0.15) is 5.26 Å². The summed E-state index contributed by atoms with van der Waals surface area (Å²) in [6, 6.07) is 1.85. The Morgan fingerprint density at radius 1 is 1.33 bits per heavy atom. The fourth-order valence-corrected chi connectivity index (χ4v) is 0.628. The molecule has 1 N–H and O–H groups in total. The van der Waals surface area contributed by atoms with E-state index in [4.69, 9.17) is 10.4 Å². The van der Waals surface area contributed by atoms with Crippen LogP contribution in [0.3, 0.4) is 0 Å². The quantitative estimate of drug-likeness (QED) is 0.329. The molecule has 0 amide bonds. The highest BCUT2D eigenvalue weighted by Gasteiger charge is 1.92. The average molecular weight is 202 g/mol. The number of aliphatic imine (C=N–C) groups is 1. The lowest BCUT2D eigenvalue weighted by Gasteiger charge is -1.97. The van der Waals surface area contributed by atoms with E-state index in [2.05, 4.69) is 18.2 Å². The second-order valence-electron chi connectivity index (χ2n) is 3.00. The number of hydrogen-bond donors (Lipinski definition) is 1. The third-order valence-electron chi connectivity index (χ3n) is 1.55. The first-order chi connectivity index (χ1) is 6.97. The summed E-state index contributed by atoms with van der Waals surface area (Å²) in [7, 11) is 0. The van der Waals surface area contributed by atoms with Crippen LogP contribution in [0.25, 0.3) is 0 Å². The highest BCUT2D eigenvalue weighted by molar-refractivity contribution is 5.83. The zero-order valence-corrected chi connectivity index (χ0v) is 8.99. The molecule has 0 aromatic heterocycles. The number of aliphatic hydroxyl groups is 1. The van der Waals surface area contributed by atoms with Gasteiger partial charge in [0, 0.05) is 6.21 Å². The van der Waals surface area contributed by atoms with Crippen molar-refractivity contribution in [3.63, 3.8) is 0 Å². The number of aliphatic hydroxyl groups excluding tert-OH is 1. The molecule has 0 spiro atoms. The van der Waals surface area contributed by atoms with E-state index in [-0.39, 0.29) is 11.3 Å². The van der Waals surface area contributed by atoms with Gasteiger partial charge in [0.25, 0.3) is 0 Å². The van der Waals surface area contributed by atoms with E-state index in [0.717, 1.165) is 5.57 Å². The van der Waals surface area contributed by atoms with Crippen molar-refractivity contribution in [2.45, 2.75) is 13.8 Å². The second kappa shape index (κ2) is 6.39. The van der Waals surface area contributed by atoms with E-state index >= 15 is 0 Å². The van der Waals surface area contributed by atoms with Gasteiger partial charge in [-0.05, 0) is 25.5 Å². The molecule has 0 aliphatic rings. The summed E-state index contributed by atoms with van der Waals surface area (Å²) in [5, 5.41) is 17.4. The van der Waals surface area contributed by atoms with Crippen LogP contribution < -0.4 is 0 Å². The van der Waals surface area contributed by atoms with Gasteiger partial charge in [-0.3, -0.25) is 4.99 Å². The van der Waals surface area contributed by atoms with Crippen LogP contribution in [-0.2, 0) is 0 Å². The summed E-state index contributed by atoms with van der Waals surface area (Å²) >= 11 is 0. The molecule has 3 heteroatoms. The predicted molar refractivity (Wildman–Crippen MR) is 62.5 cm³/mol. The Balaban J connectivity index is 4.55. The van der Waals surface area contributed by atoms with E-state index in [9.17, 15) is 0 Å². The van der Waals surface area contributed by atoms with Crippen LogP contribution in [0.5, 0.6) is 0 Å². The van der Waals surface area contributed by atoms with Crippen molar-refractivity contribution in [1.29, 1.82) is 5.26 Å². The minimum Gasteiger partial charge on any atom is -0.513 e. The van der Waals surface area contributed by atoms with Gasteiger partial charge in [0.05, 0.1) is 17.0 Å². The summed E-state index contributed by atoms with van der Waals surface area (Å²) in [6.45, 7) is 10.6. The zero-order valence-electron chi connectivity index (χ0n) is 8.99. The molecule has 0 radical (unpaired) electrons. The van der Waals surface area contributed by atoms with Crippen LogP contribution in [0.1, 0.15) is 13.8 Å². The number of allylic oxidation sites excluding steroid dienone is 5. The van der Waals surface area contributed by atoms with Gasteiger partial charge >= 0.3 is 0 Å². The normalized spacial score (nSPS) is 12.6. The van der Waals surface area contributed by atoms with Crippen LogP contribution in [0.4, 0.5) is 0 Å². The molecule has 0 bridgehead atoms. The first-order valence-corrected chi connectivity index (χ1v) is 4.34. The monoisotopic (exact) mass is 202 g/mol. The summed E-state index contributed by atoms with van der Waals surface area (Å²) in [5.74, 6) is 0.215. The summed E-state index contributed by atoms with van der Waals surface area (Å²) in [6.07, 6.45) is 4.61. The predicted octanol–water partition coefficient (Wildman–Crippen LogP) is 3.06. The van der Waals surface area contributed by atoms with Crippen molar-refractivity contribution in [2.24, 2.45) is 4.99 Å². The first-order valence-electron chi connectivity index (χ1n) is 4.34. The van der Waals surface area contributed by atoms with Crippen LogP contribution >= 0.6 is 0 Å². The molecule has 0 aromatic carbocycles. The Bertz CT molecular complexity index is 388. The number of rotatable bonds is 4. The summed E-state index contributed by atoms with van der Waals surface area (Å²) < 4.78 is 0. The van der Waals surface area contributed by atoms with Gasteiger partial charge in [0.2, 0.25) is 0 Å². The Morgan fingerprint density at radius 2 is 1.93 bits per heavy atom. The van der Waals surface area contributed by atoms with E-state index in [1.165, 1.54) is 6.21 Å². The van der Waals surface area contributed by atoms with Crippen LogP contribution in [0, 0.1) is 11.3 Å². The van der Waals surface area contributed by atoms with E-state index in [0.29, 0.717) is 5.70 Å². The average Bonchev–Trinajstić information content (AvgIpc) is 2.21. The van der Waals surface area contributed by atoms with Crippen molar-refractivity contribution < 1.29 is 5.11 Å². The van der Waals surface area contributed by atoms with Gasteiger partial charge in [0.1, 0.15) is 6.07 Å². The van der Waals surface area contributed by atoms with E-state index < -0.39 is 0 Å². The third kappa shape index (κ3) is 6.05. The standard InChI is InChI=1S/C12H14N2O/c1-9(7-13)8-14-12(4)10(2)5-6-11(3)15/h5-6,8,15H,1,4H2,2-3H3/b10-5+,11-6+,14-8?. The van der Waals surface area contributed by atoms with Crippen molar-refractivity contribution in [3.05, 3.63) is 47.9 Å². The molecule has 0 heterocycles. The van der Waals surface area contributed by atoms with Crippen LogP contribution in [0.15, 0.2) is 52.9 Å². The molecule has 0 fully saturated rings. The van der Waals surface area contributed by atoms with Crippen molar-refractivity contribution in [1.82, 2.24) is 0 Å². The van der Waals surface area contributed by atoms with Crippen LogP contribution in [0.2, 0.25) is 0 Å². The molecule has 0 saturated carbocycles. The maximum absolute atomic E-state index is 8.93. The van der Waals surface area contributed by atoms with E-state index in [1.54, 1.807) is 19.1 Å². The maximum atomic E-state index is 8.93. The summed E-state index contributed by atoms with van der Waals surface area (Å²) in [5.41, 5.74) is 1.62. The Labute approximate surface area is 90.1 Å². The fourth-order valence-electron chi connectivity index (χ4n) is 0.628. The highest BCUT2D eigenvalue weighted by atomic mass is 16.3.